The van der Waals surface area contributed by atoms with Crippen LogP contribution in [0.25, 0.3) is 67.0 Å². The minimum absolute atomic E-state index is 0.0216. The predicted octanol–water partition coefficient (Wildman–Crippen LogP) is 8.62. The van der Waals surface area contributed by atoms with Crippen LogP contribution >= 0.6 is 0 Å². The van der Waals surface area contributed by atoms with Crippen LogP contribution in [0.5, 0.6) is 0 Å². The highest BCUT2D eigenvalue weighted by Crippen LogP contribution is 2.38. The van der Waals surface area contributed by atoms with Gasteiger partial charge in [0.15, 0.2) is 22.6 Å². The van der Waals surface area contributed by atoms with E-state index in [1.54, 1.807) is 18.2 Å². The number of amides is 2. The number of benzene rings is 6. The van der Waals surface area contributed by atoms with Crippen LogP contribution in [-0.2, 0) is 6.18 Å². The van der Waals surface area contributed by atoms with Crippen molar-refractivity contribution in [3.05, 3.63) is 155 Å². The van der Waals surface area contributed by atoms with E-state index < -0.39 is 23.6 Å². The number of carbonyl (C=O) groups is 2. The Morgan fingerprint density at radius 3 is 1.56 bits per heavy atom. The quantitative estimate of drug-likeness (QED) is 0.111. The zero-order valence-corrected chi connectivity index (χ0v) is 33.4. The van der Waals surface area contributed by atoms with Gasteiger partial charge in [0, 0.05) is 11.1 Å². The number of tetrazole rings is 2. The number of nitrogens with one attached hydrogen (secondary N) is 4. The zero-order valence-electron chi connectivity index (χ0n) is 33.4. The molecule has 10 rings (SSSR count). The van der Waals surface area contributed by atoms with E-state index in [1.165, 1.54) is 54.6 Å². The number of carbonyl (C=O) groups excluding carboxylic acids is 2. The van der Waals surface area contributed by atoms with Crippen molar-refractivity contribution in [2.24, 2.45) is 0 Å². The van der Waals surface area contributed by atoms with Crippen molar-refractivity contribution in [2.45, 2.75) is 6.18 Å². The van der Waals surface area contributed by atoms with Gasteiger partial charge in [-0.3, -0.25) is 9.59 Å². The highest BCUT2D eigenvalue weighted by molar-refractivity contribution is 6.13. The number of halogens is 3. The normalized spacial score (nSPS) is 11.0. The van der Waals surface area contributed by atoms with Gasteiger partial charge < -0.3 is 19.7 Å². The number of H-pyrrole nitrogens is 2. The largest absolute Gasteiger partial charge is 0.417 e. The Bertz CT molecular complexity index is 3500. The molecule has 66 heavy (non-hydrogen) atoms. The highest BCUT2D eigenvalue weighted by Gasteiger charge is 2.33. The molecule has 0 bridgehead atoms. The molecule has 18 nitrogen and oxygen atoms in total. The molecule has 21 heteroatoms. The molecule has 0 aliphatic heterocycles. The SMILES string of the molecule is N#Cc1ccc(NC(=O)c2noc3cc(-c4ccccc4)ccc23)c(-c2nn[nH]n2)c1.N#Cc1ccc(NC(=O)c2noc3cc(-c4ccccc4C(F)(F)F)ccc23)c(-c2nn[nH]n2)c1. The lowest BCUT2D eigenvalue weighted by Gasteiger charge is -2.12. The first-order chi connectivity index (χ1) is 32.1. The first-order valence-corrected chi connectivity index (χ1v) is 19.3. The van der Waals surface area contributed by atoms with Crippen LogP contribution < -0.4 is 10.6 Å². The fourth-order valence-corrected chi connectivity index (χ4v) is 6.89. The summed E-state index contributed by atoms with van der Waals surface area (Å²) in [5.41, 5.74) is 4.43. The molecule has 0 fully saturated rings. The highest BCUT2D eigenvalue weighted by atomic mass is 19.4. The summed E-state index contributed by atoms with van der Waals surface area (Å²) in [7, 11) is 0. The minimum Gasteiger partial charge on any atom is -0.355 e. The second kappa shape index (κ2) is 17.5. The van der Waals surface area contributed by atoms with E-state index in [-0.39, 0.29) is 39.7 Å². The number of anilines is 2. The monoisotopic (exact) mass is 882 g/mol. The van der Waals surface area contributed by atoms with Gasteiger partial charge in [-0.25, -0.2) is 0 Å². The summed E-state index contributed by atoms with van der Waals surface area (Å²) in [6, 6.07) is 38.3. The summed E-state index contributed by atoms with van der Waals surface area (Å²) in [4.78, 5) is 26.0. The maximum Gasteiger partial charge on any atom is 0.417 e. The molecule has 0 aliphatic rings. The first kappa shape index (κ1) is 41.5. The number of fused-ring (bicyclic) bond motifs is 2. The lowest BCUT2D eigenvalue weighted by atomic mass is 9.98. The van der Waals surface area contributed by atoms with Gasteiger partial charge in [0.2, 0.25) is 11.6 Å². The summed E-state index contributed by atoms with van der Waals surface area (Å²) in [6.45, 7) is 0. The maximum atomic E-state index is 13.4. The van der Waals surface area contributed by atoms with E-state index in [4.69, 9.17) is 9.05 Å². The van der Waals surface area contributed by atoms with Crippen LogP contribution in [0.3, 0.4) is 0 Å². The summed E-state index contributed by atoms with van der Waals surface area (Å²) >= 11 is 0. The molecule has 0 saturated heterocycles. The first-order valence-electron chi connectivity index (χ1n) is 19.3. The average molecular weight is 883 g/mol. The molecule has 0 atom stereocenters. The third-order valence-electron chi connectivity index (χ3n) is 9.99. The molecule has 320 valence electrons. The van der Waals surface area contributed by atoms with Gasteiger partial charge in [0.05, 0.1) is 51.0 Å². The maximum absolute atomic E-state index is 13.4. The third-order valence-corrected chi connectivity index (χ3v) is 9.99. The molecule has 0 radical (unpaired) electrons. The van der Waals surface area contributed by atoms with Crippen LogP contribution in [-0.4, -0.2) is 63.4 Å². The number of hydrogen-bond donors (Lipinski definition) is 4. The Morgan fingerprint density at radius 1 is 0.561 bits per heavy atom. The van der Waals surface area contributed by atoms with E-state index in [0.29, 0.717) is 50.0 Å². The van der Waals surface area contributed by atoms with Crippen LogP contribution in [0.1, 0.15) is 37.7 Å². The Balaban J connectivity index is 0.000000167. The fourth-order valence-electron chi connectivity index (χ4n) is 6.89. The molecule has 4 aromatic heterocycles. The molecule has 0 saturated carbocycles. The summed E-state index contributed by atoms with van der Waals surface area (Å²) in [5.74, 6) is -0.678. The third kappa shape index (κ3) is 8.36. The number of hydrogen-bond acceptors (Lipinski definition) is 14. The van der Waals surface area contributed by atoms with Crippen molar-refractivity contribution in [3.63, 3.8) is 0 Å². The smallest absolute Gasteiger partial charge is 0.355 e. The van der Waals surface area contributed by atoms with Crippen LogP contribution in [0.4, 0.5) is 24.5 Å². The molecule has 0 spiro atoms. The molecular weight excluding hydrogens is 858 g/mol. The van der Waals surface area contributed by atoms with Gasteiger partial charge in [0.25, 0.3) is 11.8 Å². The fraction of sp³-hybridized carbons (Fsp3) is 0.0222. The standard InChI is InChI=1S/C23H12F3N7O2.C22H13N7O2/c24-23(25,26)17-4-2-1-3-14(17)13-6-7-15-19(10-13)35-31-20(15)22(34)28-18-8-5-12(11-27)9-16(18)21-29-32-33-30-21;23-12-13-6-9-18(17(10-13)21-25-28-29-26-21)24-22(30)20-16-8-7-15(11-19(16)31-27-20)14-4-2-1-3-5-14/h1-10H,(H,28,34)(H,29,30,32,33);1-11H,(H,24,30)(H,25,26,28,29). The Labute approximate surface area is 367 Å². The number of aromatic amines is 2. The summed E-state index contributed by atoms with van der Waals surface area (Å²) < 4.78 is 51.0. The van der Waals surface area contributed by atoms with Gasteiger partial charge in [0.1, 0.15) is 0 Å². The second-order valence-electron chi connectivity index (χ2n) is 14.0. The van der Waals surface area contributed by atoms with Crippen LogP contribution in [0.15, 0.2) is 136 Å². The number of nitrogens with zero attached hydrogens (tertiary/aromatic N) is 10. The van der Waals surface area contributed by atoms with Crippen LogP contribution in [0, 0.1) is 22.7 Å². The van der Waals surface area contributed by atoms with E-state index in [9.17, 15) is 33.3 Å². The predicted molar refractivity (Wildman–Crippen MR) is 228 cm³/mol. The summed E-state index contributed by atoms with van der Waals surface area (Å²) in [5, 5.41) is 59.9. The Morgan fingerprint density at radius 2 is 1.06 bits per heavy atom. The topological polar surface area (TPSA) is 267 Å². The van der Waals surface area contributed by atoms with Gasteiger partial charge >= 0.3 is 6.18 Å². The number of rotatable bonds is 8. The zero-order chi connectivity index (χ0) is 45.8. The van der Waals surface area contributed by atoms with E-state index in [0.717, 1.165) is 17.2 Å². The molecule has 6 aromatic carbocycles. The Hall–Kier alpha value is -9.89. The van der Waals surface area contributed by atoms with E-state index in [2.05, 4.69) is 68.3 Å². The number of aromatic nitrogens is 10. The van der Waals surface area contributed by atoms with Gasteiger partial charge in [-0.1, -0.05) is 71.0 Å². The average Bonchev–Trinajstić information content (AvgIpc) is 4.20. The van der Waals surface area contributed by atoms with Crippen molar-refractivity contribution in [3.8, 4) is 57.2 Å². The van der Waals surface area contributed by atoms with E-state index >= 15 is 0 Å². The lowest BCUT2D eigenvalue weighted by Crippen LogP contribution is -2.13. The molecule has 4 N–H and O–H groups in total. The van der Waals surface area contributed by atoms with E-state index in [1.807, 2.05) is 54.6 Å². The lowest BCUT2D eigenvalue weighted by molar-refractivity contribution is -0.137. The second-order valence-corrected chi connectivity index (χ2v) is 14.0. The van der Waals surface area contributed by atoms with Gasteiger partial charge in [-0.05, 0) is 99.4 Å². The molecule has 10 aromatic rings. The van der Waals surface area contributed by atoms with Crippen molar-refractivity contribution in [1.29, 1.82) is 10.5 Å². The van der Waals surface area contributed by atoms with Crippen molar-refractivity contribution < 1.29 is 31.8 Å². The molecule has 0 aliphatic carbocycles. The molecule has 2 amide bonds. The van der Waals surface area contributed by atoms with Crippen molar-refractivity contribution in [1.82, 2.24) is 51.6 Å². The van der Waals surface area contributed by atoms with Crippen LogP contribution in [0.2, 0.25) is 0 Å². The molecule has 4 heterocycles. The summed E-state index contributed by atoms with van der Waals surface area (Å²) in [6.07, 6.45) is -4.53. The minimum atomic E-state index is -4.53. The number of alkyl halides is 3. The van der Waals surface area contributed by atoms with Gasteiger partial charge in [-0.15, -0.1) is 20.4 Å². The van der Waals surface area contributed by atoms with Gasteiger partial charge in [-0.2, -0.15) is 34.1 Å². The Kier molecular flexibility index (Phi) is 11.0. The molecular formula is C45H25F3N14O4. The van der Waals surface area contributed by atoms with Crippen molar-refractivity contribution in [2.75, 3.05) is 10.6 Å². The number of nitriles is 2. The van der Waals surface area contributed by atoms with Crippen molar-refractivity contribution >= 4 is 45.1 Å². The molecule has 0 unspecified atom stereocenters.